The van der Waals surface area contributed by atoms with Gasteiger partial charge in [0.05, 0.1) is 13.5 Å². The molecule has 114 valence electrons. The molecule has 1 unspecified atom stereocenters. The highest BCUT2D eigenvalue weighted by atomic mass is 16.7. The maximum absolute atomic E-state index is 11.7. The molecule has 0 aliphatic carbocycles. The van der Waals surface area contributed by atoms with Crippen LogP contribution in [-0.4, -0.2) is 30.0 Å². The Labute approximate surface area is 127 Å². The fourth-order valence-corrected chi connectivity index (χ4v) is 2.48. The van der Waals surface area contributed by atoms with E-state index in [2.05, 4.69) is 4.98 Å². The van der Waals surface area contributed by atoms with Crippen LogP contribution >= 0.6 is 0 Å². The number of fused-ring (bicyclic) bond motifs is 1. The molecule has 22 heavy (non-hydrogen) atoms. The third-order valence-corrected chi connectivity index (χ3v) is 3.60. The number of carbonyl (C=O) groups is 1. The smallest absolute Gasteiger partial charge is 0.306 e. The lowest BCUT2D eigenvalue weighted by atomic mass is 9.88. The number of nitrogens with zero attached hydrogens (tertiary/aromatic N) is 1. The van der Waals surface area contributed by atoms with E-state index in [1.165, 1.54) is 13.2 Å². The van der Waals surface area contributed by atoms with Crippen LogP contribution in [0.1, 0.15) is 23.5 Å². The normalized spacial score (nSPS) is 13.7. The lowest BCUT2D eigenvalue weighted by molar-refractivity contribution is -0.140. The average molecular weight is 301 g/mol. The van der Waals surface area contributed by atoms with Crippen molar-refractivity contribution in [3.05, 3.63) is 47.8 Å². The summed E-state index contributed by atoms with van der Waals surface area (Å²) >= 11 is 0. The fraction of sp³-hybridized carbons (Fsp3) is 0.250. The van der Waals surface area contributed by atoms with Gasteiger partial charge in [-0.25, -0.2) is 0 Å². The number of pyridine rings is 1. The van der Waals surface area contributed by atoms with Gasteiger partial charge in [0.1, 0.15) is 5.75 Å². The van der Waals surface area contributed by atoms with E-state index in [9.17, 15) is 9.90 Å². The van der Waals surface area contributed by atoms with Crippen LogP contribution in [0.3, 0.4) is 0 Å². The molecule has 3 rings (SSSR count). The van der Waals surface area contributed by atoms with Crippen molar-refractivity contribution in [1.29, 1.82) is 0 Å². The minimum atomic E-state index is -0.362. The number of hydrogen-bond donors (Lipinski definition) is 1. The van der Waals surface area contributed by atoms with Crippen LogP contribution in [-0.2, 0) is 9.53 Å². The first-order chi connectivity index (χ1) is 10.7. The van der Waals surface area contributed by atoms with Crippen LogP contribution in [0.4, 0.5) is 0 Å². The number of hydrogen-bond acceptors (Lipinski definition) is 6. The van der Waals surface area contributed by atoms with Gasteiger partial charge in [0, 0.05) is 29.9 Å². The Morgan fingerprint density at radius 2 is 2.00 bits per heavy atom. The number of methoxy groups -OCH3 is 1. The predicted octanol–water partition coefficient (Wildman–Crippen LogP) is 2.21. The monoisotopic (exact) mass is 301 g/mol. The van der Waals surface area contributed by atoms with Crippen molar-refractivity contribution in [1.82, 2.24) is 4.98 Å². The van der Waals surface area contributed by atoms with E-state index in [1.54, 1.807) is 30.6 Å². The van der Waals surface area contributed by atoms with E-state index < -0.39 is 0 Å². The van der Waals surface area contributed by atoms with Gasteiger partial charge in [0.2, 0.25) is 6.79 Å². The molecule has 0 amide bonds. The van der Waals surface area contributed by atoms with Gasteiger partial charge in [-0.3, -0.25) is 9.78 Å². The third kappa shape index (κ3) is 2.67. The Bertz CT molecular complexity index is 686. The molecule has 1 aromatic heterocycles. The molecule has 1 atom stereocenters. The number of rotatable bonds is 4. The highest BCUT2D eigenvalue weighted by molar-refractivity contribution is 5.72. The van der Waals surface area contributed by atoms with Gasteiger partial charge in [-0.15, -0.1) is 0 Å². The second-order valence-electron chi connectivity index (χ2n) is 4.88. The molecule has 2 aromatic rings. The van der Waals surface area contributed by atoms with Gasteiger partial charge >= 0.3 is 5.97 Å². The Kier molecular flexibility index (Phi) is 3.82. The Morgan fingerprint density at radius 3 is 2.68 bits per heavy atom. The van der Waals surface area contributed by atoms with Crippen molar-refractivity contribution >= 4 is 5.97 Å². The molecule has 0 radical (unpaired) electrons. The van der Waals surface area contributed by atoms with Gasteiger partial charge < -0.3 is 19.3 Å². The molecule has 0 spiro atoms. The van der Waals surface area contributed by atoms with Crippen molar-refractivity contribution in [3.63, 3.8) is 0 Å². The van der Waals surface area contributed by atoms with Crippen LogP contribution in [0, 0.1) is 0 Å². The molecule has 0 saturated carbocycles. The number of ether oxygens (including phenoxy) is 3. The molecule has 6 heteroatoms. The maximum atomic E-state index is 11.7. The fourth-order valence-electron chi connectivity index (χ4n) is 2.48. The molecular formula is C16H15NO5. The average Bonchev–Trinajstić information content (AvgIpc) is 2.99. The van der Waals surface area contributed by atoms with Crippen molar-refractivity contribution < 1.29 is 24.1 Å². The molecular weight excluding hydrogens is 286 g/mol. The summed E-state index contributed by atoms with van der Waals surface area (Å²) in [5, 5.41) is 10.3. The summed E-state index contributed by atoms with van der Waals surface area (Å²) in [6, 6.07) is 6.81. The van der Waals surface area contributed by atoms with Crippen molar-refractivity contribution in [3.8, 4) is 17.2 Å². The van der Waals surface area contributed by atoms with Crippen molar-refractivity contribution in [2.75, 3.05) is 13.9 Å². The first-order valence-electron chi connectivity index (χ1n) is 6.78. The van der Waals surface area contributed by atoms with Crippen LogP contribution in [0.25, 0.3) is 0 Å². The summed E-state index contributed by atoms with van der Waals surface area (Å²) in [7, 11) is 1.34. The molecule has 0 fully saturated rings. The first-order valence-corrected chi connectivity index (χ1v) is 6.78. The number of phenolic OH excluding ortho intramolecular Hbond substituents is 1. The van der Waals surface area contributed by atoms with Gasteiger partial charge in [0.15, 0.2) is 11.5 Å². The third-order valence-electron chi connectivity index (χ3n) is 3.60. The van der Waals surface area contributed by atoms with Gasteiger partial charge in [-0.05, 0) is 23.8 Å². The number of esters is 1. The second kappa shape index (κ2) is 5.93. The lowest BCUT2D eigenvalue weighted by Gasteiger charge is -2.18. The summed E-state index contributed by atoms with van der Waals surface area (Å²) < 4.78 is 15.4. The quantitative estimate of drug-likeness (QED) is 0.872. The van der Waals surface area contributed by atoms with Crippen LogP contribution < -0.4 is 9.47 Å². The number of phenols is 1. The van der Waals surface area contributed by atoms with Crippen LogP contribution in [0.2, 0.25) is 0 Å². The zero-order valence-electron chi connectivity index (χ0n) is 12.0. The predicted molar refractivity (Wildman–Crippen MR) is 76.9 cm³/mol. The van der Waals surface area contributed by atoms with Crippen LogP contribution in [0.15, 0.2) is 36.7 Å². The number of carbonyl (C=O) groups excluding carboxylic acids is 1. The van der Waals surface area contributed by atoms with Crippen molar-refractivity contribution in [2.45, 2.75) is 12.3 Å². The van der Waals surface area contributed by atoms with E-state index in [1.807, 2.05) is 0 Å². The Morgan fingerprint density at radius 1 is 1.32 bits per heavy atom. The molecule has 2 heterocycles. The Hall–Kier alpha value is -2.76. The SMILES string of the molecule is COC(=O)CC(c1ccncc1)c1cc2c(cc1O)OCO2. The highest BCUT2D eigenvalue weighted by Gasteiger charge is 2.25. The molecule has 6 nitrogen and oxygen atoms in total. The molecule has 0 saturated heterocycles. The molecule has 1 N–H and O–H groups in total. The second-order valence-corrected chi connectivity index (χ2v) is 4.88. The standard InChI is InChI=1S/C16H15NO5/c1-20-16(19)7-11(10-2-4-17-5-3-10)12-6-14-15(8-13(12)18)22-9-21-14/h2-6,8,11,18H,7,9H2,1H3. The first kappa shape index (κ1) is 14.2. The highest BCUT2D eigenvalue weighted by Crippen LogP contribution is 2.43. The Balaban J connectivity index is 2.04. The summed E-state index contributed by atoms with van der Waals surface area (Å²) in [6.45, 7) is 0.120. The lowest BCUT2D eigenvalue weighted by Crippen LogP contribution is -2.10. The maximum Gasteiger partial charge on any atom is 0.306 e. The largest absolute Gasteiger partial charge is 0.508 e. The van der Waals surface area contributed by atoms with Crippen molar-refractivity contribution in [2.24, 2.45) is 0 Å². The number of benzene rings is 1. The summed E-state index contributed by atoms with van der Waals surface area (Å²) in [4.78, 5) is 15.7. The number of aromatic hydroxyl groups is 1. The minimum absolute atomic E-state index is 0.0509. The zero-order chi connectivity index (χ0) is 15.5. The van der Waals surface area contributed by atoms with E-state index >= 15 is 0 Å². The van der Waals surface area contributed by atoms with Crippen LogP contribution in [0.5, 0.6) is 17.2 Å². The molecule has 1 aliphatic rings. The van der Waals surface area contributed by atoms with Gasteiger partial charge in [-0.1, -0.05) is 0 Å². The van der Waals surface area contributed by atoms with Gasteiger partial charge in [-0.2, -0.15) is 0 Å². The molecule has 1 aliphatic heterocycles. The van der Waals surface area contributed by atoms with E-state index in [0.717, 1.165) is 5.56 Å². The van der Waals surface area contributed by atoms with E-state index in [-0.39, 0.29) is 30.9 Å². The topological polar surface area (TPSA) is 77.9 Å². The van der Waals surface area contributed by atoms with Gasteiger partial charge in [0.25, 0.3) is 0 Å². The van der Waals surface area contributed by atoms with E-state index in [0.29, 0.717) is 17.1 Å². The minimum Gasteiger partial charge on any atom is -0.508 e. The molecule has 1 aromatic carbocycles. The number of aromatic nitrogens is 1. The van der Waals surface area contributed by atoms with E-state index in [4.69, 9.17) is 14.2 Å². The summed E-state index contributed by atoms with van der Waals surface area (Å²) in [6.07, 6.45) is 3.39. The zero-order valence-corrected chi connectivity index (χ0v) is 12.0. The summed E-state index contributed by atoms with van der Waals surface area (Å²) in [5.74, 6) is 0.378. The molecule has 0 bridgehead atoms. The summed E-state index contributed by atoms with van der Waals surface area (Å²) in [5.41, 5.74) is 1.44.